The Morgan fingerprint density at radius 3 is 2.18 bits per heavy atom. The summed E-state index contributed by atoms with van der Waals surface area (Å²) in [6, 6.07) is 12.9. The van der Waals surface area contributed by atoms with E-state index < -0.39 is 21.4 Å². The quantitative estimate of drug-likeness (QED) is 0.759. The molecule has 0 aliphatic heterocycles. The Balaban J connectivity index is 2.06. The lowest BCUT2D eigenvalue weighted by Crippen LogP contribution is -2.17. The fourth-order valence-electron chi connectivity index (χ4n) is 1.95. The van der Waals surface area contributed by atoms with Gasteiger partial charge in [-0.25, -0.2) is 8.42 Å². The molecule has 6 heteroatoms. The highest BCUT2D eigenvalue weighted by atomic mass is 35.5. The van der Waals surface area contributed by atoms with Gasteiger partial charge in [0.15, 0.2) is 15.6 Å². The van der Waals surface area contributed by atoms with Gasteiger partial charge in [0, 0.05) is 10.6 Å². The van der Waals surface area contributed by atoms with Crippen LogP contribution in [0.3, 0.4) is 0 Å². The molecule has 2 rings (SSSR count). The molecule has 0 heterocycles. The third-order valence-electron chi connectivity index (χ3n) is 3.06. The molecule has 2 aromatic carbocycles. The van der Waals surface area contributed by atoms with Crippen LogP contribution in [-0.2, 0) is 15.6 Å². The molecule has 0 atom stereocenters. The summed E-state index contributed by atoms with van der Waals surface area (Å²) in [6.07, 6.45) is 0. The summed E-state index contributed by atoms with van der Waals surface area (Å²) in [6.45, 7) is 0. The molecule has 0 saturated heterocycles. The average molecular weight is 339 g/mol. The van der Waals surface area contributed by atoms with Crippen LogP contribution in [0.25, 0.3) is 0 Å². The molecule has 4 nitrogen and oxygen atoms in total. The zero-order chi connectivity index (χ0) is 16.2. The Morgan fingerprint density at radius 1 is 1.05 bits per heavy atom. The van der Waals surface area contributed by atoms with E-state index >= 15 is 0 Å². The summed E-state index contributed by atoms with van der Waals surface area (Å²) in [5.41, 5.74) is 0.951. The highest BCUT2D eigenvalue weighted by Gasteiger charge is 2.18. The first-order chi connectivity index (χ1) is 10.4. The molecule has 0 N–H and O–H groups in total. The standard InChI is InChI=1S/C16H15ClO4S/c1-21-15-8-2-12(3-9-15)10-22(19,20)11-16(18)13-4-6-14(17)7-5-13/h2-9H,10-11H2,1H3. The SMILES string of the molecule is COc1ccc(CS(=O)(=O)CC(=O)c2ccc(Cl)cc2)cc1. The number of rotatable bonds is 6. The van der Waals surface area contributed by atoms with E-state index in [1.54, 1.807) is 36.4 Å². The Kier molecular flexibility index (Phi) is 5.21. The van der Waals surface area contributed by atoms with Crippen molar-refractivity contribution in [3.05, 3.63) is 64.7 Å². The van der Waals surface area contributed by atoms with Gasteiger partial charge in [-0.1, -0.05) is 23.7 Å². The van der Waals surface area contributed by atoms with Crippen LogP contribution in [0.15, 0.2) is 48.5 Å². The Labute approximate surface area is 134 Å². The topological polar surface area (TPSA) is 60.4 Å². The van der Waals surface area contributed by atoms with Crippen molar-refractivity contribution in [1.29, 1.82) is 0 Å². The number of hydrogen-bond acceptors (Lipinski definition) is 4. The number of methoxy groups -OCH3 is 1. The Morgan fingerprint density at radius 2 is 1.64 bits per heavy atom. The van der Waals surface area contributed by atoms with Gasteiger partial charge in [-0.3, -0.25) is 4.79 Å². The van der Waals surface area contributed by atoms with Gasteiger partial charge in [0.2, 0.25) is 0 Å². The number of ketones is 1. The molecule has 0 saturated carbocycles. The molecule has 0 aliphatic carbocycles. The van der Waals surface area contributed by atoms with E-state index in [0.717, 1.165) is 0 Å². The van der Waals surface area contributed by atoms with E-state index in [4.69, 9.17) is 16.3 Å². The summed E-state index contributed by atoms with van der Waals surface area (Å²) >= 11 is 5.74. The second-order valence-electron chi connectivity index (χ2n) is 4.81. The zero-order valence-electron chi connectivity index (χ0n) is 12.0. The minimum Gasteiger partial charge on any atom is -0.497 e. The number of carbonyl (C=O) groups excluding carboxylic acids is 1. The van der Waals surface area contributed by atoms with Gasteiger partial charge < -0.3 is 4.74 Å². The number of carbonyl (C=O) groups is 1. The molecule has 0 spiro atoms. The fourth-order valence-corrected chi connectivity index (χ4v) is 3.44. The van der Waals surface area contributed by atoms with Crippen molar-refractivity contribution in [2.24, 2.45) is 0 Å². The first-order valence-corrected chi connectivity index (χ1v) is 8.72. The van der Waals surface area contributed by atoms with Gasteiger partial charge in [0.1, 0.15) is 11.5 Å². The van der Waals surface area contributed by atoms with Crippen molar-refractivity contribution in [3.63, 3.8) is 0 Å². The summed E-state index contributed by atoms with van der Waals surface area (Å²) in [4.78, 5) is 12.0. The monoisotopic (exact) mass is 338 g/mol. The maximum Gasteiger partial charge on any atom is 0.177 e. The first-order valence-electron chi connectivity index (χ1n) is 6.52. The molecular weight excluding hydrogens is 324 g/mol. The van der Waals surface area contributed by atoms with Crippen molar-refractivity contribution in [2.45, 2.75) is 5.75 Å². The van der Waals surface area contributed by atoms with Gasteiger partial charge in [-0.15, -0.1) is 0 Å². The highest BCUT2D eigenvalue weighted by molar-refractivity contribution is 7.91. The second kappa shape index (κ2) is 6.94. The van der Waals surface area contributed by atoms with Crippen LogP contribution >= 0.6 is 11.6 Å². The van der Waals surface area contributed by atoms with Crippen LogP contribution in [0.4, 0.5) is 0 Å². The lowest BCUT2D eigenvalue weighted by atomic mass is 10.1. The predicted molar refractivity (Wildman–Crippen MR) is 86.3 cm³/mol. The van der Waals surface area contributed by atoms with E-state index in [-0.39, 0.29) is 5.75 Å². The number of ether oxygens (including phenoxy) is 1. The van der Waals surface area contributed by atoms with Crippen molar-refractivity contribution < 1.29 is 17.9 Å². The highest BCUT2D eigenvalue weighted by Crippen LogP contribution is 2.15. The number of benzene rings is 2. The number of hydrogen-bond donors (Lipinski definition) is 0. The van der Waals surface area contributed by atoms with E-state index in [2.05, 4.69) is 0 Å². The molecule has 0 amide bonds. The van der Waals surface area contributed by atoms with Crippen molar-refractivity contribution in [3.8, 4) is 5.75 Å². The number of halogens is 1. The maximum absolute atomic E-state index is 12.1. The first kappa shape index (κ1) is 16.5. The van der Waals surface area contributed by atoms with E-state index in [1.807, 2.05) is 0 Å². The Bertz CT molecular complexity index is 750. The molecule has 0 fully saturated rings. The smallest absolute Gasteiger partial charge is 0.177 e. The molecule has 0 radical (unpaired) electrons. The fraction of sp³-hybridized carbons (Fsp3) is 0.188. The van der Waals surface area contributed by atoms with Crippen LogP contribution in [-0.4, -0.2) is 27.1 Å². The van der Waals surface area contributed by atoms with E-state index in [9.17, 15) is 13.2 Å². The van der Waals surface area contributed by atoms with Gasteiger partial charge in [-0.05, 0) is 42.0 Å². The molecular formula is C16H15ClO4S. The second-order valence-corrected chi connectivity index (χ2v) is 7.31. The van der Waals surface area contributed by atoms with Gasteiger partial charge >= 0.3 is 0 Å². The molecule has 0 aliphatic rings. The zero-order valence-corrected chi connectivity index (χ0v) is 13.5. The summed E-state index contributed by atoms with van der Waals surface area (Å²) in [5, 5.41) is 0.498. The normalized spacial score (nSPS) is 11.2. The average Bonchev–Trinajstić information content (AvgIpc) is 2.47. The van der Waals surface area contributed by atoms with Gasteiger partial charge in [-0.2, -0.15) is 0 Å². The molecule has 0 bridgehead atoms. The van der Waals surface area contributed by atoms with E-state index in [1.165, 1.54) is 19.2 Å². The Hall–Kier alpha value is -1.85. The number of Topliss-reactive ketones (excluding diaryl/α,β-unsaturated/α-hetero) is 1. The van der Waals surface area contributed by atoms with Crippen LogP contribution in [0.5, 0.6) is 5.75 Å². The van der Waals surface area contributed by atoms with Crippen LogP contribution in [0.1, 0.15) is 15.9 Å². The van der Waals surface area contributed by atoms with E-state index in [0.29, 0.717) is 21.9 Å². The van der Waals surface area contributed by atoms with Crippen LogP contribution in [0, 0.1) is 0 Å². The molecule has 0 aromatic heterocycles. The lowest BCUT2D eigenvalue weighted by molar-refractivity contribution is 0.102. The molecule has 2 aromatic rings. The lowest BCUT2D eigenvalue weighted by Gasteiger charge is -2.06. The molecule has 0 unspecified atom stereocenters. The summed E-state index contributed by atoms with van der Waals surface area (Å²) < 4.78 is 29.3. The van der Waals surface area contributed by atoms with Crippen molar-refractivity contribution in [2.75, 3.05) is 12.9 Å². The predicted octanol–water partition coefficient (Wildman–Crippen LogP) is 3.15. The summed E-state index contributed by atoms with van der Waals surface area (Å²) in [7, 11) is -2.00. The van der Waals surface area contributed by atoms with Crippen molar-refractivity contribution >= 4 is 27.2 Å². The van der Waals surface area contributed by atoms with Crippen LogP contribution in [0.2, 0.25) is 5.02 Å². The third kappa shape index (κ3) is 4.58. The number of sulfone groups is 1. The minimum absolute atomic E-state index is 0.184. The largest absolute Gasteiger partial charge is 0.497 e. The minimum atomic E-state index is -3.54. The van der Waals surface area contributed by atoms with Gasteiger partial charge in [0.25, 0.3) is 0 Å². The molecule has 22 heavy (non-hydrogen) atoms. The molecule has 116 valence electrons. The summed E-state index contributed by atoms with van der Waals surface area (Å²) in [5.74, 6) is -0.500. The maximum atomic E-state index is 12.1. The van der Waals surface area contributed by atoms with Crippen molar-refractivity contribution in [1.82, 2.24) is 0 Å². The van der Waals surface area contributed by atoms with Gasteiger partial charge in [0.05, 0.1) is 12.9 Å². The van der Waals surface area contributed by atoms with Crippen LogP contribution < -0.4 is 4.74 Å². The third-order valence-corrected chi connectivity index (χ3v) is 4.79.